The minimum Gasteiger partial charge on any atom is -0.496 e. The number of Topliss-reactive ketones (excluding diaryl/α,β-unsaturated/α-hetero) is 6. The molecular formula is C85H90N8O8. The largest absolute Gasteiger partial charge is 0.496 e. The Kier molecular flexibility index (Phi) is 19.6. The number of aromatic nitrogens is 4. The fourth-order valence-corrected chi connectivity index (χ4v) is 16.3. The first-order valence-corrected chi connectivity index (χ1v) is 35.4. The number of ether oxygens (including phenoxy) is 2. The van der Waals surface area contributed by atoms with E-state index in [1.54, 1.807) is 28.1 Å². The fraction of sp³-hybridized carbons (Fsp3) is 0.318. The summed E-state index contributed by atoms with van der Waals surface area (Å²) in [5.41, 5.74) is 35.4. The summed E-state index contributed by atoms with van der Waals surface area (Å²) >= 11 is 0. The van der Waals surface area contributed by atoms with Crippen LogP contribution in [0.2, 0.25) is 0 Å². The minimum absolute atomic E-state index is 0.0318. The molecular weight excluding hydrogens is 1260 g/mol. The summed E-state index contributed by atoms with van der Waals surface area (Å²) in [6.45, 7) is 24.1. The van der Waals surface area contributed by atoms with Gasteiger partial charge in [-0.2, -0.15) is 0 Å². The van der Waals surface area contributed by atoms with Crippen molar-refractivity contribution >= 4 is 133 Å². The summed E-state index contributed by atoms with van der Waals surface area (Å²) < 4.78 is 20.1. The minimum atomic E-state index is -0.0578. The molecule has 12 aromatic rings. The van der Waals surface area contributed by atoms with E-state index in [1.807, 2.05) is 66.7 Å². The zero-order chi connectivity index (χ0) is 71.4. The molecule has 4 heterocycles. The van der Waals surface area contributed by atoms with E-state index in [-0.39, 0.29) is 28.9 Å². The third-order valence-corrected chi connectivity index (χ3v) is 21.1. The molecule has 101 heavy (non-hydrogen) atoms. The van der Waals surface area contributed by atoms with Gasteiger partial charge in [-0.3, -0.25) is 28.8 Å². The zero-order valence-corrected chi connectivity index (χ0v) is 59.7. The predicted molar refractivity (Wildman–Crippen MR) is 411 cm³/mol. The topological polar surface area (TPSA) is 208 Å². The van der Waals surface area contributed by atoms with Crippen molar-refractivity contribution in [2.45, 2.75) is 119 Å². The molecule has 16 heteroatoms. The lowest BCUT2D eigenvalue weighted by molar-refractivity contribution is 0.0986. The third kappa shape index (κ3) is 12.4. The first kappa shape index (κ1) is 69.4. The van der Waals surface area contributed by atoms with Crippen LogP contribution in [0.15, 0.2) is 122 Å². The number of ketones is 6. The molecule has 16 rings (SSSR count). The summed E-state index contributed by atoms with van der Waals surface area (Å²) in [7, 11) is 7.25. The lowest BCUT2D eigenvalue weighted by atomic mass is 9.97. The van der Waals surface area contributed by atoms with Crippen LogP contribution >= 0.6 is 0 Å². The number of rotatable bonds is 18. The lowest BCUT2D eigenvalue weighted by Crippen LogP contribution is -2.19. The molecule has 0 atom stereocenters. The molecule has 518 valence electrons. The van der Waals surface area contributed by atoms with Crippen molar-refractivity contribution in [1.82, 2.24) is 28.5 Å². The predicted octanol–water partition coefficient (Wildman–Crippen LogP) is 15.7. The normalized spacial score (nSPS) is 13.7. The van der Waals surface area contributed by atoms with Crippen LogP contribution in [-0.2, 0) is 51.9 Å². The van der Waals surface area contributed by atoms with E-state index in [4.69, 9.17) is 20.9 Å². The van der Waals surface area contributed by atoms with Gasteiger partial charge in [-0.15, -0.1) is 0 Å². The van der Waals surface area contributed by atoms with Gasteiger partial charge in [0.1, 0.15) is 11.5 Å². The number of hydrogen-bond acceptors (Lipinski definition) is 12. The van der Waals surface area contributed by atoms with Crippen molar-refractivity contribution in [3.05, 3.63) is 189 Å². The Morgan fingerprint density at radius 3 is 1.18 bits per heavy atom. The molecule has 16 nitrogen and oxygen atoms in total. The fourth-order valence-electron chi connectivity index (χ4n) is 16.3. The molecule has 8 aromatic carbocycles. The van der Waals surface area contributed by atoms with Gasteiger partial charge >= 0.3 is 0 Å². The molecule has 4 aliphatic rings. The first-order valence-electron chi connectivity index (χ1n) is 35.4. The van der Waals surface area contributed by atoms with Gasteiger partial charge in [0.2, 0.25) is 0 Å². The van der Waals surface area contributed by atoms with Crippen molar-refractivity contribution in [2.75, 3.05) is 61.0 Å². The highest BCUT2D eigenvalue weighted by Gasteiger charge is 2.31. The van der Waals surface area contributed by atoms with Crippen molar-refractivity contribution in [3.63, 3.8) is 0 Å². The molecule has 0 amide bonds. The second-order valence-corrected chi connectivity index (χ2v) is 27.5. The number of methoxy groups -OCH3 is 2. The standard InChI is InChI=1S/C23H28N2O4.C23H24N2O.C21H20N2O.C18H18N2O2/c1-14(26)16-10-18-19-11-17(15(2)27)23(29-6)13-21(19)25(9-7-8-24(3)4)20(18)12-22(16)28-5;1-3-24-12-13-25-19-9-6-15-14(2)4-5-17(15)22(19)23-18-8-11-21(26)16(18)7-10-20(23)25;1-12-2-3-15-13(12)4-7-17-20(15)21-16-6-9-19(24)14(16)5-8-18(21)23(17)11-10-22;1-11(21)13-3-5-17-15(9-13)16-10-14(12(2)22)4-6-18(16)20(17)8-7-19/h10-13H,7-9H2,1-6H3;6-7,9-10,24H,2-5,8,11-13H2,1H3;4-5,7-8H,1-3,6,9-11,22H2;3-6,9-10H,7-8,19H2,1-2H3. The Bertz CT molecular complexity index is 5180. The van der Waals surface area contributed by atoms with E-state index in [0.717, 1.165) is 139 Å². The van der Waals surface area contributed by atoms with Crippen LogP contribution in [0.4, 0.5) is 0 Å². The van der Waals surface area contributed by atoms with E-state index in [9.17, 15) is 28.8 Å². The van der Waals surface area contributed by atoms with Gasteiger partial charge in [-0.1, -0.05) is 32.2 Å². The molecule has 0 fully saturated rings. The Morgan fingerprint density at radius 2 is 0.802 bits per heavy atom. The van der Waals surface area contributed by atoms with E-state index in [0.29, 0.717) is 72.0 Å². The number of carbonyl (C=O) groups is 6. The second-order valence-electron chi connectivity index (χ2n) is 27.5. The van der Waals surface area contributed by atoms with Gasteiger partial charge in [-0.05, 0) is 229 Å². The number of nitrogens with zero attached hydrogens (tertiary/aromatic N) is 5. The van der Waals surface area contributed by atoms with Gasteiger partial charge in [0.05, 0.1) is 36.4 Å². The van der Waals surface area contributed by atoms with Gasteiger partial charge < -0.3 is 49.4 Å². The zero-order valence-electron chi connectivity index (χ0n) is 59.7. The third-order valence-electron chi connectivity index (χ3n) is 21.1. The maximum Gasteiger partial charge on any atom is 0.163 e. The molecule has 0 bridgehead atoms. The number of nitrogens with one attached hydrogen (secondary N) is 1. The number of fused-ring (bicyclic) bond motifs is 20. The summed E-state index contributed by atoms with van der Waals surface area (Å²) in [5, 5.41) is 12.6. The number of likely N-dealkylation sites (N-methyl/N-ethyl adjacent to an activating group) is 1. The van der Waals surface area contributed by atoms with Gasteiger partial charge in [0.25, 0.3) is 0 Å². The summed E-state index contributed by atoms with van der Waals surface area (Å²) in [6, 6.07) is 36.2. The molecule has 0 aliphatic heterocycles. The molecule has 4 aromatic heterocycles. The highest BCUT2D eigenvalue weighted by Crippen LogP contribution is 2.46. The van der Waals surface area contributed by atoms with Gasteiger partial charge in [-0.25, -0.2) is 0 Å². The SMILES string of the molecule is C=C1CCc2c1ccc1c2c2c3c(ccc2n1CCN)C(=O)CC3.C=C1CCc2c1ccc1c2c2c3c(ccc2n1CCNCC)C(=O)CC3.CC(=O)c1ccc2c(c1)c1cc(C(C)=O)ccc1n2CCN.COc1cc2c(cc1C(C)=O)c1cc(C(C)=O)c(OC)cc1n2CCCN(C)C. The number of hydrogen-bond donors (Lipinski definition) is 3. The summed E-state index contributed by atoms with van der Waals surface area (Å²) in [6.07, 6.45) is 8.18. The Morgan fingerprint density at radius 1 is 0.446 bits per heavy atom. The Labute approximate surface area is 588 Å². The Balaban J connectivity index is 0.000000121. The average Bonchev–Trinajstić information content (AvgIpc) is 1.57. The molecule has 5 N–H and O–H groups in total. The second kappa shape index (κ2) is 28.5. The average molecular weight is 1350 g/mol. The number of allylic oxidation sites excluding steroid dienone is 2. The molecule has 0 saturated heterocycles. The number of benzene rings is 8. The van der Waals surface area contributed by atoms with E-state index in [1.165, 1.54) is 102 Å². The molecule has 0 unspecified atom stereocenters. The van der Waals surface area contributed by atoms with Crippen molar-refractivity contribution in [1.29, 1.82) is 0 Å². The summed E-state index contributed by atoms with van der Waals surface area (Å²) in [4.78, 5) is 74.3. The number of nitrogens with two attached hydrogens (primary N) is 2. The quantitative estimate of drug-likeness (QED) is 0.0542. The van der Waals surface area contributed by atoms with E-state index >= 15 is 0 Å². The summed E-state index contributed by atoms with van der Waals surface area (Å²) in [5.74, 6) is 1.64. The molecule has 0 spiro atoms. The Hall–Kier alpha value is -10.1. The van der Waals surface area contributed by atoms with Crippen LogP contribution in [-0.4, -0.2) is 119 Å². The lowest BCUT2D eigenvalue weighted by Gasteiger charge is -2.13. The van der Waals surface area contributed by atoms with Crippen LogP contribution in [0.25, 0.3) is 98.4 Å². The van der Waals surface area contributed by atoms with Gasteiger partial charge in [0, 0.05) is 169 Å². The smallest absolute Gasteiger partial charge is 0.163 e. The van der Waals surface area contributed by atoms with Crippen LogP contribution in [0, 0.1) is 0 Å². The van der Waals surface area contributed by atoms with Crippen LogP contribution in [0.1, 0.15) is 162 Å². The molecule has 0 radical (unpaired) electrons. The van der Waals surface area contributed by atoms with Gasteiger partial charge in [0.15, 0.2) is 34.7 Å². The van der Waals surface area contributed by atoms with Crippen LogP contribution in [0.5, 0.6) is 11.5 Å². The van der Waals surface area contributed by atoms with Crippen molar-refractivity contribution in [3.8, 4) is 11.5 Å². The monoisotopic (exact) mass is 1350 g/mol. The van der Waals surface area contributed by atoms with E-state index < -0.39 is 0 Å². The number of carbonyl (C=O) groups excluding carboxylic acids is 6. The van der Waals surface area contributed by atoms with E-state index in [2.05, 4.69) is 105 Å². The highest BCUT2D eigenvalue weighted by molar-refractivity contribution is 6.20. The van der Waals surface area contributed by atoms with Crippen molar-refractivity contribution < 1.29 is 38.2 Å². The maximum atomic E-state index is 12.3. The van der Waals surface area contributed by atoms with Crippen LogP contribution < -0.4 is 26.3 Å². The first-order chi connectivity index (χ1) is 48.7. The molecule has 0 saturated carbocycles. The molecule has 4 aliphatic carbocycles. The highest BCUT2D eigenvalue weighted by atomic mass is 16.5. The van der Waals surface area contributed by atoms with Crippen molar-refractivity contribution in [2.24, 2.45) is 11.5 Å². The van der Waals surface area contributed by atoms with Crippen LogP contribution in [0.3, 0.4) is 0 Å². The number of aryl methyl sites for hydroxylation is 5. The maximum absolute atomic E-state index is 12.3.